The zero-order valence-corrected chi connectivity index (χ0v) is 82.1. The average Bonchev–Trinajstić information content (AvgIpc) is 0.825. The molecule has 10 rings (SSSR count). The van der Waals surface area contributed by atoms with Crippen LogP contribution in [0.25, 0.3) is 0 Å². The lowest BCUT2D eigenvalue weighted by Crippen LogP contribution is -2.62. The van der Waals surface area contributed by atoms with E-state index < -0.39 is 6.10 Å². The van der Waals surface area contributed by atoms with Gasteiger partial charge < -0.3 is 72.6 Å². The van der Waals surface area contributed by atoms with Gasteiger partial charge in [-0.05, 0) is 337 Å². The number of esters is 2. The minimum atomic E-state index is -0.398. The summed E-state index contributed by atoms with van der Waals surface area (Å²) in [4.78, 5) is 55.4. The highest BCUT2D eigenvalue weighted by molar-refractivity contribution is 6.09. The molecule has 0 saturated carbocycles. The van der Waals surface area contributed by atoms with Crippen molar-refractivity contribution in [3.05, 3.63) is 137 Å². The molecule has 3 unspecified atom stereocenters. The Morgan fingerprint density at radius 3 is 1.11 bits per heavy atom. The number of hydrogen-bond donors (Lipinski definition) is 12. The van der Waals surface area contributed by atoms with Crippen molar-refractivity contribution in [2.75, 3.05) is 51.3 Å². The van der Waals surface area contributed by atoms with E-state index in [-0.39, 0.29) is 103 Å². The second kappa shape index (κ2) is 48.2. The lowest BCUT2D eigenvalue weighted by Gasteiger charge is -2.47. The van der Waals surface area contributed by atoms with E-state index in [1.54, 1.807) is 19.1 Å². The fourth-order valence-corrected chi connectivity index (χ4v) is 20.6. The highest BCUT2D eigenvalue weighted by Gasteiger charge is 2.43. The molecular weight excluding hydrogens is 1530 g/mol. The molecule has 696 valence electrons. The van der Waals surface area contributed by atoms with E-state index in [0.717, 1.165) is 81.1 Å². The van der Waals surface area contributed by atoms with Gasteiger partial charge in [-0.1, -0.05) is 90.0 Å². The number of aliphatic hydroxyl groups excluding tert-OH is 3. The van der Waals surface area contributed by atoms with Crippen LogP contribution in [0.15, 0.2) is 103 Å². The second-order valence-corrected chi connectivity index (χ2v) is 44.7. The standard InChI is InChI=1S/C19H31NO2.C18H29NO2.C16H17NO2.C13H28N2O.C12H26N2O.C12H23NO2.C11H21NO2/c1-15-6-8-16(9-7-15)14-22-21-11-10-17-12-18(2,3)20-19(4,5)13-17;1-14-6-8-15(9-7-14)12-20-21-13-16-10-17(2,3)19-18(4,5)11-16;1-12(18)11-17-15-9-7-14(8-10-15)16(19)13-5-3-2-4-6-13;1-10(16)8-14-9-11-6-12(2,3)15-13(4,5)7-11;1-9(15)8-13-10-6-11(2,3)14-12(4,5)7-10;1-9(14)15-8-10-6-11(2,3)13-12(4,5)7-10;1-8(13)14-9-6-10(2,3)12-11(4,5)7-9/h6-9,17,20H,10-14H2,1-5H3;6-9,16,19H,10-13H2,1-5H3;2-10,12,17-18H,11H2,1H3;10-11,14-16H,6-9H2,1-5H3;9-10,13-15H,6-8H2,1-5H3;10,13H,6-8H2,1-5H3;9,12H,6-7H2,1-5H3. The Bertz CT molecular complexity index is 3570. The van der Waals surface area contributed by atoms with Gasteiger partial charge in [0, 0.05) is 136 Å². The van der Waals surface area contributed by atoms with Gasteiger partial charge in [0.05, 0.1) is 38.1 Å². The molecule has 6 aliphatic rings. The van der Waals surface area contributed by atoms with E-state index >= 15 is 0 Å². The Kier molecular flexibility index (Phi) is 43.1. The van der Waals surface area contributed by atoms with Crippen LogP contribution in [0.2, 0.25) is 0 Å². The highest BCUT2D eigenvalue weighted by atomic mass is 17.2. The van der Waals surface area contributed by atoms with Crippen molar-refractivity contribution in [2.45, 2.75) is 408 Å². The van der Waals surface area contributed by atoms with E-state index in [1.165, 1.54) is 50.7 Å². The molecule has 0 spiro atoms. The Balaban J connectivity index is 0.000000301. The first-order valence-corrected chi connectivity index (χ1v) is 45.6. The molecule has 0 amide bonds. The maximum absolute atomic E-state index is 12.2. The number of aliphatic hydroxyl groups is 3. The summed E-state index contributed by atoms with van der Waals surface area (Å²) in [6.45, 7) is 71.9. The first-order chi connectivity index (χ1) is 56.0. The third kappa shape index (κ3) is 47.5. The summed E-state index contributed by atoms with van der Waals surface area (Å²) in [5.41, 5.74) is 8.94. The number of carbonyl (C=O) groups excluding carboxylic acids is 3. The topological polar surface area (TPSA) is 276 Å². The Labute approximate surface area is 740 Å². The van der Waals surface area contributed by atoms with Crippen molar-refractivity contribution in [3.8, 4) is 0 Å². The zero-order valence-electron chi connectivity index (χ0n) is 82.1. The van der Waals surface area contributed by atoms with Crippen LogP contribution in [0.1, 0.15) is 322 Å². The number of ether oxygens (including phenoxy) is 2. The molecule has 21 nitrogen and oxygen atoms in total. The van der Waals surface area contributed by atoms with Gasteiger partial charge in [0.25, 0.3) is 0 Å². The first-order valence-electron chi connectivity index (χ1n) is 45.6. The summed E-state index contributed by atoms with van der Waals surface area (Å²) < 4.78 is 10.4. The summed E-state index contributed by atoms with van der Waals surface area (Å²) in [7, 11) is 0. The van der Waals surface area contributed by atoms with E-state index in [4.69, 9.17) is 29.0 Å². The monoisotopic (exact) mass is 1710 g/mol. The van der Waals surface area contributed by atoms with Crippen LogP contribution in [-0.4, -0.2) is 176 Å². The Hall–Kier alpha value is -5.31. The number of benzene rings is 4. The number of piperidine rings is 6. The number of aryl methyl sites for hydroxylation is 2. The molecule has 6 saturated heterocycles. The van der Waals surface area contributed by atoms with Crippen molar-refractivity contribution in [1.29, 1.82) is 0 Å². The quantitative estimate of drug-likeness (QED) is 0.00915. The lowest BCUT2D eigenvalue weighted by molar-refractivity contribution is -0.312. The second-order valence-electron chi connectivity index (χ2n) is 44.7. The predicted octanol–water partition coefficient (Wildman–Crippen LogP) is 17.8. The number of ketones is 1. The number of hydrogen-bond acceptors (Lipinski definition) is 21. The number of nitrogens with one attached hydrogen (secondary N) is 9. The van der Waals surface area contributed by atoms with Gasteiger partial charge in [0.1, 0.15) is 19.3 Å². The number of anilines is 1. The van der Waals surface area contributed by atoms with E-state index in [1.807, 2.05) is 56.3 Å². The van der Waals surface area contributed by atoms with Crippen LogP contribution in [0.5, 0.6) is 0 Å². The SMILES string of the molecule is CC(=O)OC1CC(C)(C)NC(C)(C)C1.CC(=O)OCC1CC(C)(C)NC(C)(C)C1.CC(O)CNC1CC(C)(C)NC(C)(C)C1.CC(O)CNCC1CC(C)(C)NC(C)(C)C1.CC(O)CNc1ccc(C(=O)c2ccccc2)cc1.Cc1ccc(COOCC2CC(C)(C)NC(C)(C)C2)cc1.Cc1ccc(COOCCC2CC(C)(C)NC(C)(C)C2)cc1. The van der Waals surface area contributed by atoms with Gasteiger partial charge in [-0.2, -0.15) is 0 Å². The van der Waals surface area contributed by atoms with Crippen molar-refractivity contribution in [3.63, 3.8) is 0 Å². The van der Waals surface area contributed by atoms with Crippen LogP contribution in [0.3, 0.4) is 0 Å². The zero-order chi connectivity index (χ0) is 92.2. The fourth-order valence-electron chi connectivity index (χ4n) is 20.6. The first kappa shape index (κ1) is 109. The number of rotatable bonds is 26. The molecule has 21 heteroatoms. The summed E-state index contributed by atoms with van der Waals surface area (Å²) in [6, 6.07) is 33.7. The van der Waals surface area contributed by atoms with E-state index in [0.29, 0.717) is 93.5 Å². The van der Waals surface area contributed by atoms with Gasteiger partial charge in [0.2, 0.25) is 0 Å². The molecule has 0 aromatic heterocycles. The largest absolute Gasteiger partial charge is 0.466 e. The highest BCUT2D eigenvalue weighted by Crippen LogP contribution is 2.38. The van der Waals surface area contributed by atoms with Crippen LogP contribution >= 0.6 is 0 Å². The van der Waals surface area contributed by atoms with E-state index in [9.17, 15) is 29.7 Å². The molecule has 3 atom stereocenters. The molecule has 4 aromatic rings. The van der Waals surface area contributed by atoms with Gasteiger partial charge >= 0.3 is 11.9 Å². The van der Waals surface area contributed by atoms with Gasteiger partial charge in [-0.15, -0.1) is 0 Å². The molecule has 6 aliphatic heterocycles. The third-order valence-electron chi connectivity index (χ3n) is 22.4. The van der Waals surface area contributed by atoms with Gasteiger partial charge in [-0.3, -0.25) is 14.4 Å². The molecule has 4 aromatic carbocycles. The van der Waals surface area contributed by atoms with Crippen molar-refractivity contribution in [2.24, 2.45) is 23.7 Å². The number of carbonyl (C=O) groups is 3. The summed E-state index contributed by atoms with van der Waals surface area (Å²) in [5, 5.41) is 59.4. The normalized spacial score (nSPS) is 22.2. The van der Waals surface area contributed by atoms with Crippen LogP contribution in [-0.2, 0) is 51.8 Å². The van der Waals surface area contributed by atoms with Crippen molar-refractivity contribution in [1.82, 2.24) is 42.5 Å². The lowest BCUT2D eigenvalue weighted by atomic mass is 9.75. The molecule has 122 heavy (non-hydrogen) atoms. The molecule has 12 N–H and O–H groups in total. The van der Waals surface area contributed by atoms with Gasteiger partial charge in [0.15, 0.2) is 5.78 Å². The fraction of sp³-hybridized carbons (Fsp3) is 0.733. The molecule has 6 heterocycles. The smallest absolute Gasteiger partial charge is 0.302 e. The average molecular weight is 1710 g/mol. The summed E-state index contributed by atoms with van der Waals surface area (Å²) in [5.74, 6) is 2.06. The summed E-state index contributed by atoms with van der Waals surface area (Å²) >= 11 is 0. The van der Waals surface area contributed by atoms with Crippen molar-refractivity contribution >= 4 is 23.4 Å². The molecule has 0 bridgehead atoms. The van der Waals surface area contributed by atoms with Crippen LogP contribution in [0.4, 0.5) is 5.69 Å². The van der Waals surface area contributed by atoms with E-state index in [2.05, 4.69) is 276 Å². The maximum Gasteiger partial charge on any atom is 0.302 e. The van der Waals surface area contributed by atoms with Crippen LogP contribution < -0.4 is 47.9 Å². The van der Waals surface area contributed by atoms with Gasteiger partial charge in [-0.25, -0.2) is 19.6 Å². The minimum absolute atomic E-state index is 0.0164. The van der Waals surface area contributed by atoms with Crippen LogP contribution in [0, 0.1) is 37.5 Å². The summed E-state index contributed by atoms with van der Waals surface area (Å²) in [6.07, 6.45) is 13.3. The molecule has 0 aliphatic carbocycles. The molecule has 6 fully saturated rings. The van der Waals surface area contributed by atoms with Crippen molar-refractivity contribution < 1.29 is 58.7 Å². The third-order valence-corrected chi connectivity index (χ3v) is 22.4. The maximum atomic E-state index is 12.2. The Morgan fingerprint density at radius 2 is 0.730 bits per heavy atom. The molecule has 0 radical (unpaired) electrons. The Morgan fingerprint density at radius 1 is 0.385 bits per heavy atom. The molecular formula is C101H175N9O12. The predicted molar refractivity (Wildman–Crippen MR) is 502 cm³/mol. The minimum Gasteiger partial charge on any atom is -0.466 e.